The van der Waals surface area contributed by atoms with Crippen LogP contribution in [0, 0.1) is 12.7 Å². The number of benzene rings is 2. The van der Waals surface area contributed by atoms with Crippen molar-refractivity contribution in [1.29, 1.82) is 0 Å². The van der Waals surface area contributed by atoms with E-state index < -0.39 is 11.7 Å². The van der Waals surface area contributed by atoms with E-state index in [-0.39, 0.29) is 22.0 Å². The zero-order valence-corrected chi connectivity index (χ0v) is 10.8. The summed E-state index contributed by atoms with van der Waals surface area (Å²) < 4.78 is 13.1. The number of hydrogen-bond acceptors (Lipinski definition) is 2. The van der Waals surface area contributed by atoms with Gasteiger partial charge in [-0.25, -0.2) is 4.39 Å². The van der Waals surface area contributed by atoms with E-state index >= 15 is 0 Å². The predicted octanol–water partition coefficient (Wildman–Crippen LogP) is 3.75. The first kappa shape index (κ1) is 13.4. The van der Waals surface area contributed by atoms with Crippen molar-refractivity contribution in [3.63, 3.8) is 0 Å². The summed E-state index contributed by atoms with van der Waals surface area (Å²) in [5.41, 5.74) is 1.19. The molecule has 2 aromatic rings. The molecule has 0 aliphatic carbocycles. The number of nitrogens with one attached hydrogen (secondary N) is 1. The minimum atomic E-state index is -0.545. The maximum atomic E-state index is 13.1. The maximum absolute atomic E-state index is 13.1. The van der Waals surface area contributed by atoms with E-state index in [4.69, 9.17) is 11.6 Å². The number of carbonyl (C=O) groups excluding carboxylic acids is 1. The fourth-order valence-corrected chi connectivity index (χ4v) is 1.88. The molecule has 5 heteroatoms. The van der Waals surface area contributed by atoms with E-state index in [1.54, 1.807) is 19.1 Å². The molecule has 0 radical (unpaired) electrons. The van der Waals surface area contributed by atoms with Crippen molar-refractivity contribution in [1.82, 2.24) is 0 Å². The zero-order valence-electron chi connectivity index (χ0n) is 10.1. The van der Waals surface area contributed by atoms with Crippen LogP contribution in [0.3, 0.4) is 0 Å². The minimum absolute atomic E-state index is 0.125. The van der Waals surface area contributed by atoms with Gasteiger partial charge in [-0.3, -0.25) is 4.79 Å². The number of rotatable bonds is 2. The molecule has 1 amide bonds. The Balaban J connectivity index is 2.28. The van der Waals surface area contributed by atoms with Gasteiger partial charge < -0.3 is 10.4 Å². The Labute approximate surface area is 114 Å². The quantitative estimate of drug-likeness (QED) is 0.880. The Kier molecular flexibility index (Phi) is 3.71. The number of phenolic OH excluding ortho intramolecular Hbond substituents is 1. The first-order valence-electron chi connectivity index (χ1n) is 5.53. The van der Waals surface area contributed by atoms with Crippen molar-refractivity contribution in [2.75, 3.05) is 5.32 Å². The Morgan fingerprint density at radius 1 is 1.26 bits per heavy atom. The molecule has 0 spiro atoms. The Morgan fingerprint density at radius 2 is 2.00 bits per heavy atom. The van der Waals surface area contributed by atoms with E-state index in [0.717, 1.165) is 17.7 Å². The topological polar surface area (TPSA) is 49.3 Å². The molecule has 0 fully saturated rings. The molecule has 2 rings (SSSR count). The molecule has 0 aliphatic rings. The van der Waals surface area contributed by atoms with Gasteiger partial charge in [-0.15, -0.1) is 0 Å². The van der Waals surface area contributed by atoms with Gasteiger partial charge in [-0.05, 0) is 37.3 Å². The Bertz CT molecular complexity index is 623. The highest BCUT2D eigenvalue weighted by Crippen LogP contribution is 2.22. The third-order valence-corrected chi connectivity index (χ3v) is 2.74. The predicted molar refractivity (Wildman–Crippen MR) is 72.2 cm³/mol. The lowest BCUT2D eigenvalue weighted by Crippen LogP contribution is -2.12. The zero-order chi connectivity index (χ0) is 14.0. The fraction of sp³-hybridized carbons (Fsp3) is 0.0714. The number of anilines is 1. The van der Waals surface area contributed by atoms with Crippen LogP contribution in [-0.4, -0.2) is 11.0 Å². The number of aromatic hydroxyl groups is 1. The van der Waals surface area contributed by atoms with Crippen LogP contribution >= 0.6 is 11.6 Å². The summed E-state index contributed by atoms with van der Waals surface area (Å²) in [6.07, 6.45) is 0. The molecule has 2 aromatic carbocycles. The molecule has 0 aliphatic heterocycles. The molecule has 0 aromatic heterocycles. The van der Waals surface area contributed by atoms with Crippen molar-refractivity contribution in [2.45, 2.75) is 6.92 Å². The second-order valence-corrected chi connectivity index (χ2v) is 4.57. The third-order valence-electron chi connectivity index (χ3n) is 2.52. The van der Waals surface area contributed by atoms with Crippen molar-refractivity contribution < 1.29 is 14.3 Å². The van der Waals surface area contributed by atoms with Crippen molar-refractivity contribution in [3.8, 4) is 5.75 Å². The minimum Gasteiger partial charge on any atom is -0.507 e. The van der Waals surface area contributed by atoms with Gasteiger partial charge in [0.25, 0.3) is 5.91 Å². The largest absolute Gasteiger partial charge is 0.507 e. The average molecular weight is 280 g/mol. The number of phenols is 1. The summed E-state index contributed by atoms with van der Waals surface area (Å²) >= 11 is 5.70. The van der Waals surface area contributed by atoms with Crippen LogP contribution in [0.15, 0.2) is 36.4 Å². The van der Waals surface area contributed by atoms with Gasteiger partial charge in [-0.1, -0.05) is 23.2 Å². The van der Waals surface area contributed by atoms with Crippen LogP contribution in [0.1, 0.15) is 15.9 Å². The lowest BCUT2D eigenvalue weighted by atomic mass is 10.1. The highest BCUT2D eigenvalue weighted by atomic mass is 35.5. The number of amides is 1. The van der Waals surface area contributed by atoms with E-state index in [2.05, 4.69) is 5.32 Å². The molecule has 0 heterocycles. The van der Waals surface area contributed by atoms with Crippen molar-refractivity contribution in [2.24, 2.45) is 0 Å². The number of halogens is 2. The number of carbonyl (C=O) groups is 1. The summed E-state index contributed by atoms with van der Waals surface area (Å²) in [6.45, 7) is 1.80. The van der Waals surface area contributed by atoms with Gasteiger partial charge in [0.15, 0.2) is 0 Å². The molecule has 0 unspecified atom stereocenters. The lowest BCUT2D eigenvalue weighted by molar-refractivity contribution is 0.102. The van der Waals surface area contributed by atoms with Crippen LogP contribution in [0.2, 0.25) is 5.02 Å². The van der Waals surface area contributed by atoms with Gasteiger partial charge in [-0.2, -0.15) is 0 Å². The van der Waals surface area contributed by atoms with Crippen LogP contribution < -0.4 is 5.32 Å². The van der Waals surface area contributed by atoms with Crippen LogP contribution in [0.5, 0.6) is 5.75 Å². The first-order valence-corrected chi connectivity index (χ1v) is 5.90. The summed E-state index contributed by atoms with van der Waals surface area (Å²) in [7, 11) is 0. The molecule has 19 heavy (non-hydrogen) atoms. The average Bonchev–Trinajstić information content (AvgIpc) is 2.30. The Morgan fingerprint density at radius 3 is 2.68 bits per heavy atom. The summed E-state index contributed by atoms with van der Waals surface area (Å²) in [5.74, 6) is -1.20. The highest BCUT2D eigenvalue weighted by molar-refractivity contribution is 6.31. The monoisotopic (exact) mass is 279 g/mol. The molecule has 0 saturated carbocycles. The van der Waals surface area contributed by atoms with E-state index in [9.17, 15) is 14.3 Å². The smallest absolute Gasteiger partial charge is 0.259 e. The molecule has 0 bridgehead atoms. The third kappa shape index (κ3) is 3.23. The van der Waals surface area contributed by atoms with Gasteiger partial charge in [0.1, 0.15) is 11.6 Å². The van der Waals surface area contributed by atoms with E-state index in [1.165, 1.54) is 12.1 Å². The summed E-state index contributed by atoms with van der Waals surface area (Å²) in [5, 5.41) is 12.3. The van der Waals surface area contributed by atoms with Crippen molar-refractivity contribution >= 4 is 23.2 Å². The van der Waals surface area contributed by atoms with E-state index in [0.29, 0.717) is 0 Å². The lowest BCUT2D eigenvalue weighted by Gasteiger charge is -2.08. The van der Waals surface area contributed by atoms with Crippen LogP contribution in [0.25, 0.3) is 0 Å². The van der Waals surface area contributed by atoms with Gasteiger partial charge >= 0.3 is 0 Å². The molecule has 2 N–H and O–H groups in total. The Hall–Kier alpha value is -2.07. The number of aryl methyl sites for hydroxylation is 1. The molecule has 3 nitrogen and oxygen atoms in total. The fourth-order valence-electron chi connectivity index (χ4n) is 1.66. The van der Waals surface area contributed by atoms with Crippen LogP contribution in [0.4, 0.5) is 10.1 Å². The van der Waals surface area contributed by atoms with Gasteiger partial charge in [0, 0.05) is 10.7 Å². The summed E-state index contributed by atoms with van der Waals surface area (Å²) in [4.78, 5) is 12.0. The normalized spacial score (nSPS) is 10.3. The highest BCUT2D eigenvalue weighted by Gasteiger charge is 2.12. The molecule has 0 saturated heterocycles. The van der Waals surface area contributed by atoms with Gasteiger partial charge in [0.2, 0.25) is 0 Å². The van der Waals surface area contributed by atoms with Crippen LogP contribution in [-0.2, 0) is 0 Å². The standard InChI is InChI=1S/C14H11ClFNO2/c1-8-2-3-13(18)12(4-8)14(19)17-11-6-9(15)5-10(16)7-11/h2-7,18H,1H3,(H,17,19). The van der Waals surface area contributed by atoms with E-state index in [1.807, 2.05) is 0 Å². The SMILES string of the molecule is Cc1ccc(O)c(C(=O)Nc2cc(F)cc(Cl)c2)c1. The molecule has 98 valence electrons. The van der Waals surface area contributed by atoms with Gasteiger partial charge in [0.05, 0.1) is 5.56 Å². The molecule has 0 atom stereocenters. The van der Waals surface area contributed by atoms with Crippen molar-refractivity contribution in [3.05, 3.63) is 58.4 Å². The maximum Gasteiger partial charge on any atom is 0.259 e. The second kappa shape index (κ2) is 5.28. The molecular formula is C14H11ClFNO2. The number of hydrogen-bond donors (Lipinski definition) is 2. The summed E-state index contributed by atoms with van der Waals surface area (Å²) in [6, 6.07) is 8.38. The second-order valence-electron chi connectivity index (χ2n) is 4.13. The first-order chi connectivity index (χ1) is 8.95. The molecular weight excluding hydrogens is 269 g/mol.